The first-order valence-corrected chi connectivity index (χ1v) is 9.65. The van der Waals surface area contributed by atoms with Crippen molar-refractivity contribution in [3.05, 3.63) is 64.5 Å². The maximum Gasteiger partial charge on any atom is 0.255 e. The first-order valence-electron chi connectivity index (χ1n) is 9.27. The summed E-state index contributed by atoms with van der Waals surface area (Å²) in [5.41, 5.74) is 2.22. The quantitative estimate of drug-likeness (QED) is 0.659. The normalized spacial score (nSPS) is 14.3. The predicted molar refractivity (Wildman–Crippen MR) is 108 cm³/mol. The molecule has 1 fully saturated rings. The first kappa shape index (κ1) is 19.3. The highest BCUT2D eigenvalue weighted by molar-refractivity contribution is 6.33. The van der Waals surface area contributed by atoms with E-state index in [0.717, 1.165) is 23.3 Å². The molecule has 2 aromatic heterocycles. The van der Waals surface area contributed by atoms with Crippen LogP contribution in [0, 0.1) is 19.7 Å². The van der Waals surface area contributed by atoms with Crippen LogP contribution in [-0.2, 0) is 0 Å². The number of halogens is 2. The number of hydrogen-bond acceptors (Lipinski definition) is 5. The summed E-state index contributed by atoms with van der Waals surface area (Å²) < 4.78 is 15.0. The molecule has 0 spiro atoms. The first-order chi connectivity index (χ1) is 13.9. The van der Waals surface area contributed by atoms with E-state index in [9.17, 15) is 9.18 Å². The van der Waals surface area contributed by atoms with Crippen LogP contribution in [0.5, 0.6) is 0 Å². The Kier molecular flexibility index (Phi) is 5.19. The summed E-state index contributed by atoms with van der Waals surface area (Å²) in [4.78, 5) is 25.5. The molecule has 3 heterocycles. The van der Waals surface area contributed by atoms with Gasteiger partial charge >= 0.3 is 0 Å². The van der Waals surface area contributed by atoms with E-state index in [-0.39, 0.29) is 10.9 Å². The Morgan fingerprint density at radius 2 is 1.79 bits per heavy atom. The fourth-order valence-electron chi connectivity index (χ4n) is 3.43. The third-order valence-electron chi connectivity index (χ3n) is 4.89. The van der Waals surface area contributed by atoms with Crippen molar-refractivity contribution in [2.24, 2.45) is 0 Å². The molecule has 0 bridgehead atoms. The molecule has 0 saturated carbocycles. The number of benzene rings is 1. The lowest BCUT2D eigenvalue weighted by Crippen LogP contribution is -2.49. The Hall–Kier alpha value is -3.00. The number of rotatable bonds is 3. The maximum absolute atomic E-state index is 13.2. The molecule has 0 N–H and O–H groups in total. The standard InChI is InChI=1S/C20H20ClFN6O/c1-13-9-14(2)28(25-13)19-12-23-11-18(24-19)26-5-7-27(8-6-26)20(29)16-4-3-15(22)10-17(16)21/h3-4,9-12H,5-8H2,1-2H3. The summed E-state index contributed by atoms with van der Waals surface area (Å²) >= 11 is 6.03. The zero-order valence-electron chi connectivity index (χ0n) is 16.1. The van der Waals surface area contributed by atoms with Crippen molar-refractivity contribution in [1.82, 2.24) is 24.6 Å². The number of carbonyl (C=O) groups excluding carboxylic acids is 1. The number of aromatic nitrogens is 4. The lowest BCUT2D eigenvalue weighted by molar-refractivity contribution is 0.0746. The number of amides is 1. The Balaban J connectivity index is 1.47. The fourth-order valence-corrected chi connectivity index (χ4v) is 3.68. The van der Waals surface area contributed by atoms with Crippen LogP contribution in [0.15, 0.2) is 36.7 Å². The van der Waals surface area contributed by atoms with E-state index in [2.05, 4.69) is 15.0 Å². The monoisotopic (exact) mass is 414 g/mol. The van der Waals surface area contributed by atoms with E-state index in [4.69, 9.17) is 16.6 Å². The molecule has 1 aliphatic rings. The van der Waals surface area contributed by atoms with E-state index >= 15 is 0 Å². The smallest absolute Gasteiger partial charge is 0.255 e. The second-order valence-corrected chi connectivity index (χ2v) is 7.38. The Morgan fingerprint density at radius 1 is 1.07 bits per heavy atom. The molecule has 1 amide bonds. The average Bonchev–Trinajstić information content (AvgIpc) is 3.06. The van der Waals surface area contributed by atoms with Gasteiger partial charge in [-0.25, -0.2) is 14.1 Å². The van der Waals surface area contributed by atoms with Crippen LogP contribution in [0.4, 0.5) is 10.2 Å². The summed E-state index contributed by atoms with van der Waals surface area (Å²) in [7, 11) is 0. The average molecular weight is 415 g/mol. The van der Waals surface area contributed by atoms with Crippen LogP contribution in [0.25, 0.3) is 5.82 Å². The van der Waals surface area contributed by atoms with E-state index in [1.807, 2.05) is 19.9 Å². The minimum atomic E-state index is -0.461. The second kappa shape index (κ2) is 7.79. The molecule has 0 atom stereocenters. The van der Waals surface area contributed by atoms with Crippen LogP contribution in [0.1, 0.15) is 21.7 Å². The van der Waals surface area contributed by atoms with Crippen LogP contribution in [0.3, 0.4) is 0 Å². The number of carbonyl (C=O) groups is 1. The van der Waals surface area contributed by atoms with Crippen molar-refractivity contribution in [2.75, 3.05) is 31.1 Å². The molecule has 9 heteroatoms. The van der Waals surface area contributed by atoms with Gasteiger partial charge in [0.25, 0.3) is 5.91 Å². The van der Waals surface area contributed by atoms with Gasteiger partial charge in [-0.3, -0.25) is 9.78 Å². The number of aryl methyl sites for hydroxylation is 2. The molecule has 1 aliphatic heterocycles. The molecule has 1 saturated heterocycles. The fraction of sp³-hybridized carbons (Fsp3) is 0.300. The van der Waals surface area contributed by atoms with Gasteiger partial charge in [0.15, 0.2) is 5.82 Å². The second-order valence-electron chi connectivity index (χ2n) is 6.98. The van der Waals surface area contributed by atoms with Crippen molar-refractivity contribution >= 4 is 23.3 Å². The third kappa shape index (κ3) is 3.93. The van der Waals surface area contributed by atoms with Crippen molar-refractivity contribution in [2.45, 2.75) is 13.8 Å². The zero-order valence-corrected chi connectivity index (χ0v) is 16.9. The van der Waals surface area contributed by atoms with E-state index in [1.54, 1.807) is 22.0 Å². The molecule has 0 radical (unpaired) electrons. The van der Waals surface area contributed by atoms with Gasteiger partial charge in [-0.2, -0.15) is 5.10 Å². The van der Waals surface area contributed by atoms with Gasteiger partial charge in [0.2, 0.25) is 0 Å². The highest BCUT2D eigenvalue weighted by Gasteiger charge is 2.25. The summed E-state index contributed by atoms with van der Waals surface area (Å²) in [6, 6.07) is 5.82. The van der Waals surface area contributed by atoms with E-state index in [0.29, 0.717) is 37.6 Å². The van der Waals surface area contributed by atoms with Crippen LogP contribution >= 0.6 is 11.6 Å². The van der Waals surface area contributed by atoms with Crippen molar-refractivity contribution in [1.29, 1.82) is 0 Å². The third-order valence-corrected chi connectivity index (χ3v) is 5.20. The summed E-state index contributed by atoms with van der Waals surface area (Å²) in [5, 5.41) is 4.58. The van der Waals surface area contributed by atoms with E-state index in [1.165, 1.54) is 12.1 Å². The highest BCUT2D eigenvalue weighted by Crippen LogP contribution is 2.21. The van der Waals surface area contributed by atoms with Gasteiger partial charge < -0.3 is 9.80 Å². The Morgan fingerprint density at radius 3 is 2.45 bits per heavy atom. The van der Waals surface area contributed by atoms with Crippen molar-refractivity contribution in [3.63, 3.8) is 0 Å². The van der Waals surface area contributed by atoms with Crippen molar-refractivity contribution < 1.29 is 9.18 Å². The van der Waals surface area contributed by atoms with Gasteiger partial charge in [0, 0.05) is 31.9 Å². The Bertz CT molecular complexity index is 1060. The molecule has 4 rings (SSSR count). The molecule has 7 nitrogen and oxygen atoms in total. The molecular formula is C20H20ClFN6O. The van der Waals surface area contributed by atoms with Crippen LogP contribution in [0.2, 0.25) is 5.02 Å². The minimum Gasteiger partial charge on any atom is -0.352 e. The largest absolute Gasteiger partial charge is 0.352 e. The molecular weight excluding hydrogens is 395 g/mol. The number of hydrogen-bond donors (Lipinski definition) is 0. The lowest BCUT2D eigenvalue weighted by Gasteiger charge is -2.35. The molecule has 29 heavy (non-hydrogen) atoms. The zero-order chi connectivity index (χ0) is 20.5. The van der Waals surface area contributed by atoms with Gasteiger partial charge in [0.1, 0.15) is 11.6 Å². The summed E-state index contributed by atoms with van der Waals surface area (Å²) in [5.74, 6) is 0.737. The molecule has 1 aromatic carbocycles. The highest BCUT2D eigenvalue weighted by atomic mass is 35.5. The number of anilines is 1. The van der Waals surface area contributed by atoms with Crippen LogP contribution < -0.4 is 4.90 Å². The number of nitrogens with zero attached hydrogens (tertiary/aromatic N) is 6. The molecule has 0 unspecified atom stereocenters. The van der Waals surface area contributed by atoms with Crippen molar-refractivity contribution in [3.8, 4) is 5.82 Å². The maximum atomic E-state index is 13.2. The number of piperazine rings is 1. The van der Waals surface area contributed by atoms with Gasteiger partial charge in [-0.05, 0) is 38.1 Å². The van der Waals surface area contributed by atoms with E-state index < -0.39 is 5.82 Å². The molecule has 150 valence electrons. The molecule has 0 aliphatic carbocycles. The SMILES string of the molecule is Cc1cc(C)n(-c2cncc(N3CCN(C(=O)c4ccc(F)cc4Cl)CC3)n2)n1. The molecule has 3 aromatic rings. The van der Waals surface area contributed by atoms with Gasteiger partial charge in [-0.15, -0.1) is 0 Å². The Labute approximate surface area is 172 Å². The van der Waals surface area contributed by atoms with Crippen LogP contribution in [-0.4, -0.2) is 56.7 Å². The van der Waals surface area contributed by atoms with Gasteiger partial charge in [-0.1, -0.05) is 11.6 Å². The predicted octanol–water partition coefficient (Wildman–Crippen LogP) is 3.03. The topological polar surface area (TPSA) is 67.2 Å². The minimum absolute atomic E-state index is 0.126. The summed E-state index contributed by atoms with van der Waals surface area (Å²) in [6.45, 7) is 6.15. The lowest BCUT2D eigenvalue weighted by atomic mass is 10.1. The summed E-state index contributed by atoms with van der Waals surface area (Å²) in [6.07, 6.45) is 3.39. The van der Waals surface area contributed by atoms with Gasteiger partial charge in [0.05, 0.1) is 28.7 Å².